The molecule has 2 aromatic carbocycles. The molecule has 0 bridgehead atoms. The van der Waals surface area contributed by atoms with Crippen LogP contribution in [0.4, 0.5) is 8.78 Å². The monoisotopic (exact) mass is 392 g/mol. The second kappa shape index (κ2) is 8.73. The highest BCUT2D eigenvalue weighted by molar-refractivity contribution is 7.91. The van der Waals surface area contributed by atoms with Gasteiger partial charge in [0.15, 0.2) is 0 Å². The molecule has 0 heterocycles. The summed E-state index contributed by atoms with van der Waals surface area (Å²) in [7, 11) is -4.69. The lowest BCUT2D eigenvalue weighted by molar-refractivity contribution is 0.0743. The van der Waals surface area contributed by atoms with E-state index in [1.54, 1.807) is 29.2 Å². The molecule has 1 amide bonds. The van der Waals surface area contributed by atoms with E-state index >= 15 is 0 Å². The Kier molecular flexibility index (Phi) is 6.64. The van der Waals surface area contributed by atoms with Crippen LogP contribution < -0.4 is 0 Å². The van der Waals surface area contributed by atoms with Gasteiger partial charge < -0.3 is 4.90 Å². The maximum atomic E-state index is 12.7. The molecule has 2 rings (SSSR count). The van der Waals surface area contributed by atoms with E-state index in [4.69, 9.17) is 5.26 Å². The van der Waals surface area contributed by atoms with Gasteiger partial charge in [0.05, 0.1) is 16.5 Å². The lowest BCUT2D eigenvalue weighted by atomic mass is 10.1. The molecule has 0 aliphatic heterocycles. The Hall–Kier alpha value is -2.79. The Morgan fingerprint density at radius 2 is 1.70 bits per heavy atom. The van der Waals surface area contributed by atoms with Crippen LogP contribution in [-0.2, 0) is 16.4 Å². The van der Waals surface area contributed by atoms with Crippen molar-refractivity contribution in [3.05, 3.63) is 65.2 Å². The number of halogens is 2. The van der Waals surface area contributed by atoms with Gasteiger partial charge >= 0.3 is 5.76 Å². The van der Waals surface area contributed by atoms with E-state index in [9.17, 15) is 22.0 Å². The molecule has 0 saturated heterocycles. The zero-order chi connectivity index (χ0) is 20.0. The van der Waals surface area contributed by atoms with E-state index in [0.29, 0.717) is 25.1 Å². The third-order valence-electron chi connectivity index (χ3n) is 3.90. The molecule has 0 radical (unpaired) electrons. The van der Waals surface area contributed by atoms with E-state index in [2.05, 4.69) is 0 Å². The number of hydrogen-bond donors (Lipinski definition) is 0. The number of carbonyl (C=O) groups excluding carboxylic acids is 1. The Bertz CT molecular complexity index is 934. The molecule has 5 nitrogen and oxygen atoms in total. The first-order chi connectivity index (χ1) is 12.8. The van der Waals surface area contributed by atoms with Gasteiger partial charge in [-0.15, -0.1) is 0 Å². The smallest absolute Gasteiger partial charge is 0.334 e. The molecule has 0 saturated carbocycles. The van der Waals surface area contributed by atoms with Gasteiger partial charge in [-0.2, -0.15) is 14.0 Å². The summed E-state index contributed by atoms with van der Waals surface area (Å²) < 4.78 is 48.1. The Morgan fingerprint density at radius 3 is 2.19 bits per heavy atom. The van der Waals surface area contributed by atoms with Crippen molar-refractivity contribution in [3.8, 4) is 6.07 Å². The number of alkyl halides is 2. The van der Waals surface area contributed by atoms with Crippen molar-refractivity contribution in [2.75, 3.05) is 6.54 Å². The molecule has 0 aliphatic rings. The van der Waals surface area contributed by atoms with Crippen molar-refractivity contribution in [1.82, 2.24) is 4.90 Å². The first-order valence-corrected chi connectivity index (χ1v) is 9.74. The maximum Gasteiger partial charge on any atom is 0.341 e. The molecule has 0 aliphatic carbocycles. The van der Waals surface area contributed by atoms with E-state index in [1.807, 2.05) is 13.0 Å². The third-order valence-corrected chi connectivity index (χ3v) is 5.30. The van der Waals surface area contributed by atoms with Crippen LogP contribution >= 0.6 is 0 Å². The van der Waals surface area contributed by atoms with E-state index in [-0.39, 0.29) is 11.5 Å². The quantitative estimate of drug-likeness (QED) is 0.721. The first-order valence-electron chi connectivity index (χ1n) is 8.20. The summed E-state index contributed by atoms with van der Waals surface area (Å²) in [5.74, 6) is -3.84. The van der Waals surface area contributed by atoms with Crippen LogP contribution in [0.3, 0.4) is 0 Å². The lowest BCUT2D eigenvalue weighted by Gasteiger charge is -2.22. The minimum atomic E-state index is -4.69. The molecule has 27 heavy (non-hydrogen) atoms. The van der Waals surface area contributed by atoms with Gasteiger partial charge in [-0.3, -0.25) is 4.79 Å². The van der Waals surface area contributed by atoms with E-state index in [0.717, 1.165) is 17.7 Å². The molecular formula is C19H18F2N2O3S. The fraction of sp³-hybridized carbons (Fsp3) is 0.263. The standard InChI is InChI=1S/C19H18F2N2O3S/c1-2-11-23(13-15-5-3-14(12-22)4-6-15)18(24)16-7-9-17(10-8-16)27(25,26)19(20)21/h3-10,19H,2,11,13H2,1H3. The van der Waals surface area contributed by atoms with Crippen LogP contribution in [0.5, 0.6) is 0 Å². The van der Waals surface area contributed by atoms with Gasteiger partial charge in [-0.1, -0.05) is 19.1 Å². The largest absolute Gasteiger partial charge is 0.341 e. The predicted molar refractivity (Wildman–Crippen MR) is 95.8 cm³/mol. The lowest BCUT2D eigenvalue weighted by Crippen LogP contribution is -2.31. The molecule has 8 heteroatoms. The van der Waals surface area contributed by atoms with Gasteiger partial charge in [0.1, 0.15) is 0 Å². The molecular weight excluding hydrogens is 374 g/mol. The van der Waals surface area contributed by atoms with Gasteiger partial charge in [-0.05, 0) is 48.4 Å². The second-order valence-electron chi connectivity index (χ2n) is 5.87. The highest BCUT2D eigenvalue weighted by Crippen LogP contribution is 2.20. The number of nitriles is 1. The van der Waals surface area contributed by atoms with Gasteiger partial charge in [0.25, 0.3) is 5.91 Å². The molecule has 0 unspecified atom stereocenters. The molecule has 0 spiro atoms. The zero-order valence-electron chi connectivity index (χ0n) is 14.6. The fourth-order valence-corrected chi connectivity index (χ4v) is 3.22. The van der Waals surface area contributed by atoms with Crippen molar-refractivity contribution in [3.63, 3.8) is 0 Å². The van der Waals surface area contributed by atoms with Crippen LogP contribution in [0.15, 0.2) is 53.4 Å². The van der Waals surface area contributed by atoms with Crippen molar-refractivity contribution >= 4 is 15.7 Å². The number of carbonyl (C=O) groups is 1. The van der Waals surface area contributed by atoms with Gasteiger partial charge in [0.2, 0.25) is 9.84 Å². The molecule has 0 fully saturated rings. The summed E-state index contributed by atoms with van der Waals surface area (Å²) >= 11 is 0. The molecule has 2 aromatic rings. The van der Waals surface area contributed by atoms with E-state index in [1.165, 1.54) is 12.1 Å². The summed E-state index contributed by atoms with van der Waals surface area (Å²) in [6.45, 7) is 2.70. The predicted octanol–water partition coefficient (Wildman–Crippen LogP) is 3.61. The van der Waals surface area contributed by atoms with Crippen molar-refractivity contribution in [2.24, 2.45) is 0 Å². The van der Waals surface area contributed by atoms with Crippen molar-refractivity contribution in [2.45, 2.75) is 30.5 Å². The van der Waals surface area contributed by atoms with E-state index < -0.39 is 20.5 Å². The SMILES string of the molecule is CCCN(Cc1ccc(C#N)cc1)C(=O)c1ccc(S(=O)(=O)C(F)F)cc1. The summed E-state index contributed by atoms with van der Waals surface area (Å²) in [6, 6.07) is 13.4. The molecule has 142 valence electrons. The van der Waals surface area contributed by atoms with Gasteiger partial charge in [-0.25, -0.2) is 8.42 Å². The average Bonchev–Trinajstić information content (AvgIpc) is 2.67. The summed E-state index contributed by atoms with van der Waals surface area (Å²) in [5, 5.41) is 8.84. The topological polar surface area (TPSA) is 78.2 Å². The van der Waals surface area contributed by atoms with Crippen LogP contribution in [0.25, 0.3) is 0 Å². The number of amides is 1. The average molecular weight is 392 g/mol. The Balaban J connectivity index is 2.22. The van der Waals surface area contributed by atoms with Gasteiger partial charge in [0, 0.05) is 18.7 Å². The molecule has 0 N–H and O–H groups in total. The third kappa shape index (κ3) is 4.89. The maximum absolute atomic E-state index is 12.7. The van der Waals surface area contributed by atoms with Crippen molar-refractivity contribution in [1.29, 1.82) is 5.26 Å². The summed E-state index contributed by atoms with van der Waals surface area (Å²) in [6.07, 6.45) is 0.708. The number of rotatable bonds is 7. The fourth-order valence-electron chi connectivity index (χ4n) is 2.50. The van der Waals surface area contributed by atoms with Crippen LogP contribution in [0.1, 0.15) is 34.8 Å². The number of hydrogen-bond acceptors (Lipinski definition) is 4. The Labute approximate surface area is 156 Å². The number of benzene rings is 2. The highest BCUT2D eigenvalue weighted by atomic mass is 32.2. The first kappa shape index (κ1) is 20.5. The molecule has 0 aromatic heterocycles. The number of sulfone groups is 1. The summed E-state index contributed by atoms with van der Waals surface area (Å²) in [5.41, 5.74) is 1.57. The number of nitrogens with zero attached hydrogens (tertiary/aromatic N) is 2. The second-order valence-corrected chi connectivity index (χ2v) is 7.78. The van der Waals surface area contributed by atoms with Crippen LogP contribution in [-0.4, -0.2) is 31.5 Å². The normalized spacial score (nSPS) is 11.2. The summed E-state index contributed by atoms with van der Waals surface area (Å²) in [4.78, 5) is 13.8. The minimum absolute atomic E-state index is 0.213. The highest BCUT2D eigenvalue weighted by Gasteiger charge is 2.26. The molecule has 0 atom stereocenters. The zero-order valence-corrected chi connectivity index (χ0v) is 15.4. The van der Waals surface area contributed by atoms with Crippen LogP contribution in [0, 0.1) is 11.3 Å². The van der Waals surface area contributed by atoms with Crippen molar-refractivity contribution < 1.29 is 22.0 Å². The Morgan fingerprint density at radius 1 is 1.11 bits per heavy atom. The van der Waals surface area contributed by atoms with Crippen LogP contribution in [0.2, 0.25) is 0 Å². The minimum Gasteiger partial charge on any atom is -0.334 e.